The summed E-state index contributed by atoms with van der Waals surface area (Å²) in [6.07, 6.45) is 6.42. The molecule has 0 atom stereocenters. The van der Waals surface area contributed by atoms with Gasteiger partial charge in [-0.3, -0.25) is 9.59 Å². The van der Waals surface area contributed by atoms with Gasteiger partial charge in [-0.05, 0) is 25.0 Å². The van der Waals surface area contributed by atoms with Crippen LogP contribution in [0.3, 0.4) is 0 Å². The van der Waals surface area contributed by atoms with Gasteiger partial charge in [-0.15, -0.1) is 0 Å². The number of ketones is 2. The van der Waals surface area contributed by atoms with Crippen LogP contribution >= 0.6 is 0 Å². The third kappa shape index (κ3) is 4.47. The van der Waals surface area contributed by atoms with E-state index in [0.717, 1.165) is 6.42 Å². The lowest BCUT2D eigenvalue weighted by molar-refractivity contribution is -0.129. The number of nitrogens with one attached hydrogen (secondary N) is 1. The van der Waals surface area contributed by atoms with Gasteiger partial charge in [0.2, 0.25) is 0 Å². The molecule has 0 amide bonds. The van der Waals surface area contributed by atoms with E-state index in [1.165, 1.54) is 0 Å². The lowest BCUT2D eigenvalue weighted by Crippen LogP contribution is -2.23. The number of carbonyl (C=O) groups is 2. The Bertz CT molecular complexity index is 470. The quantitative estimate of drug-likeness (QED) is 0.768. The van der Waals surface area contributed by atoms with Crippen molar-refractivity contribution in [3.05, 3.63) is 23.8 Å². The van der Waals surface area contributed by atoms with Gasteiger partial charge < -0.3 is 4.98 Å². The third-order valence-corrected chi connectivity index (χ3v) is 3.53. The van der Waals surface area contributed by atoms with Gasteiger partial charge in [0.15, 0.2) is 5.78 Å². The zero-order valence-corrected chi connectivity index (χ0v) is 12.1. The first-order chi connectivity index (χ1) is 8.86. The van der Waals surface area contributed by atoms with Crippen molar-refractivity contribution >= 4 is 17.6 Å². The Morgan fingerprint density at radius 2 is 2.05 bits per heavy atom. The number of allylic oxidation sites excluding steroid dienone is 1. The zero-order valence-electron chi connectivity index (χ0n) is 12.1. The minimum Gasteiger partial charge on any atom is -0.345 e. The van der Waals surface area contributed by atoms with Crippen molar-refractivity contribution in [3.8, 4) is 0 Å². The van der Waals surface area contributed by atoms with Gasteiger partial charge >= 0.3 is 0 Å². The van der Waals surface area contributed by atoms with Gasteiger partial charge in [0, 0.05) is 30.7 Å². The highest BCUT2D eigenvalue weighted by Crippen LogP contribution is 2.23. The van der Waals surface area contributed by atoms with Crippen molar-refractivity contribution in [2.45, 2.75) is 47.0 Å². The van der Waals surface area contributed by atoms with Crippen molar-refractivity contribution < 1.29 is 9.59 Å². The molecule has 0 saturated carbocycles. The van der Waals surface area contributed by atoms with Crippen molar-refractivity contribution in [1.29, 1.82) is 0 Å². The molecular weight excluding hydrogens is 240 g/mol. The molecule has 0 radical (unpaired) electrons. The number of carbonyl (C=O) groups excluding carboxylic acids is 2. The van der Waals surface area contributed by atoms with Crippen LogP contribution in [0.2, 0.25) is 0 Å². The summed E-state index contributed by atoms with van der Waals surface area (Å²) in [6.45, 7) is 7.58. The first kappa shape index (κ1) is 15.3. The Morgan fingerprint density at radius 1 is 1.37 bits per heavy atom. The topological polar surface area (TPSA) is 62.8 Å². The van der Waals surface area contributed by atoms with Gasteiger partial charge in [-0.1, -0.05) is 20.8 Å². The number of H-pyrrole nitrogens is 1. The molecule has 1 N–H and O–H groups in total. The van der Waals surface area contributed by atoms with E-state index in [-0.39, 0.29) is 23.4 Å². The van der Waals surface area contributed by atoms with Crippen LogP contribution in [0.15, 0.2) is 18.0 Å². The molecule has 0 unspecified atom stereocenters. The Hall–Kier alpha value is -1.71. The molecule has 0 spiro atoms. The maximum Gasteiger partial charge on any atom is 0.159 e. The van der Waals surface area contributed by atoms with E-state index in [1.807, 2.05) is 20.8 Å². The largest absolute Gasteiger partial charge is 0.345 e. The summed E-state index contributed by atoms with van der Waals surface area (Å²) in [4.78, 5) is 30.8. The summed E-state index contributed by atoms with van der Waals surface area (Å²) < 4.78 is 0. The molecule has 4 nitrogen and oxygen atoms in total. The smallest absolute Gasteiger partial charge is 0.159 e. The number of aromatic nitrogens is 2. The fourth-order valence-electron chi connectivity index (χ4n) is 1.60. The number of imidazole rings is 1. The molecule has 1 heterocycles. The highest BCUT2D eigenvalue weighted by Gasteiger charge is 2.25. The molecule has 0 aliphatic heterocycles. The molecule has 19 heavy (non-hydrogen) atoms. The fourth-order valence-corrected chi connectivity index (χ4v) is 1.60. The summed E-state index contributed by atoms with van der Waals surface area (Å²) in [7, 11) is 0. The lowest BCUT2D eigenvalue weighted by atomic mass is 9.83. The third-order valence-electron chi connectivity index (χ3n) is 3.53. The van der Waals surface area contributed by atoms with E-state index < -0.39 is 0 Å². The van der Waals surface area contributed by atoms with Crippen LogP contribution in [0.1, 0.15) is 52.8 Å². The Balaban J connectivity index is 2.55. The van der Waals surface area contributed by atoms with E-state index >= 15 is 0 Å². The van der Waals surface area contributed by atoms with Gasteiger partial charge in [0.25, 0.3) is 0 Å². The number of nitrogens with zero attached hydrogens (tertiary/aromatic N) is 1. The summed E-state index contributed by atoms with van der Waals surface area (Å²) >= 11 is 0. The molecule has 0 fully saturated rings. The maximum absolute atomic E-state index is 11.9. The summed E-state index contributed by atoms with van der Waals surface area (Å²) in [5.41, 5.74) is 0.288. The summed E-state index contributed by atoms with van der Waals surface area (Å²) in [5.74, 6) is 0.803. The molecular formula is C15H22N2O2. The van der Waals surface area contributed by atoms with Crippen LogP contribution in [0, 0.1) is 5.41 Å². The van der Waals surface area contributed by atoms with E-state index in [1.54, 1.807) is 25.4 Å². The number of Topliss-reactive ketones (excluding diaryl/α,β-unsaturated/α-hetero) is 2. The molecule has 1 aromatic rings. The van der Waals surface area contributed by atoms with Crippen molar-refractivity contribution in [2.24, 2.45) is 5.41 Å². The second-order valence-corrected chi connectivity index (χ2v) is 5.39. The first-order valence-electron chi connectivity index (χ1n) is 6.61. The molecule has 1 rings (SSSR count). The average Bonchev–Trinajstić information content (AvgIpc) is 2.87. The number of hydrogen-bond donors (Lipinski definition) is 1. The molecule has 0 aromatic carbocycles. The van der Waals surface area contributed by atoms with Crippen LogP contribution in [0.25, 0.3) is 6.08 Å². The predicted octanol–water partition coefficient (Wildman–Crippen LogP) is 3.17. The highest BCUT2D eigenvalue weighted by molar-refractivity contribution is 6.00. The van der Waals surface area contributed by atoms with Gasteiger partial charge in [0.1, 0.15) is 11.6 Å². The van der Waals surface area contributed by atoms with Gasteiger partial charge in [-0.25, -0.2) is 4.98 Å². The highest BCUT2D eigenvalue weighted by atomic mass is 16.1. The van der Waals surface area contributed by atoms with Crippen molar-refractivity contribution in [1.82, 2.24) is 9.97 Å². The van der Waals surface area contributed by atoms with Crippen LogP contribution < -0.4 is 0 Å². The van der Waals surface area contributed by atoms with E-state index in [9.17, 15) is 9.59 Å². The van der Waals surface area contributed by atoms with E-state index in [0.29, 0.717) is 17.8 Å². The predicted molar refractivity (Wildman–Crippen MR) is 75.6 cm³/mol. The first-order valence-corrected chi connectivity index (χ1v) is 6.61. The standard InChI is InChI=1S/C15H22N2O2/c1-5-15(3,4)13(19)7-6-12(18)11(2)10-14-16-8-9-17-14/h8-10H,5-7H2,1-4H3,(H,16,17)/b11-10+. The average molecular weight is 262 g/mol. The minimum absolute atomic E-state index is 0.00310. The monoisotopic (exact) mass is 262 g/mol. The van der Waals surface area contributed by atoms with E-state index in [4.69, 9.17) is 0 Å². The normalized spacial score (nSPS) is 12.5. The van der Waals surface area contributed by atoms with E-state index in [2.05, 4.69) is 9.97 Å². The molecule has 0 saturated heterocycles. The number of rotatable bonds is 7. The van der Waals surface area contributed by atoms with Gasteiger partial charge in [-0.2, -0.15) is 0 Å². The Kier molecular flexibility index (Phi) is 5.21. The van der Waals surface area contributed by atoms with Crippen molar-refractivity contribution in [2.75, 3.05) is 0 Å². The molecule has 0 bridgehead atoms. The molecule has 0 aliphatic rings. The fraction of sp³-hybridized carbons (Fsp3) is 0.533. The lowest BCUT2D eigenvalue weighted by Gasteiger charge is -2.20. The summed E-state index contributed by atoms with van der Waals surface area (Å²) in [6, 6.07) is 0. The maximum atomic E-state index is 11.9. The second kappa shape index (κ2) is 6.45. The molecule has 104 valence electrons. The number of hydrogen-bond acceptors (Lipinski definition) is 3. The Morgan fingerprint density at radius 3 is 2.58 bits per heavy atom. The molecule has 4 heteroatoms. The number of aromatic amines is 1. The second-order valence-electron chi connectivity index (χ2n) is 5.39. The van der Waals surface area contributed by atoms with Crippen molar-refractivity contribution in [3.63, 3.8) is 0 Å². The Labute approximate surface area is 114 Å². The van der Waals surface area contributed by atoms with Crippen LogP contribution in [-0.2, 0) is 9.59 Å². The summed E-state index contributed by atoms with van der Waals surface area (Å²) in [5, 5.41) is 0. The molecule has 0 aliphatic carbocycles. The molecule has 1 aromatic heterocycles. The zero-order chi connectivity index (χ0) is 14.5. The minimum atomic E-state index is -0.334. The SMILES string of the molecule is CCC(C)(C)C(=O)CCC(=O)/C(C)=C/c1ncc[nH]1. The van der Waals surface area contributed by atoms with Crippen LogP contribution in [0.4, 0.5) is 0 Å². The van der Waals surface area contributed by atoms with Gasteiger partial charge in [0.05, 0.1) is 0 Å². The van der Waals surface area contributed by atoms with Crippen LogP contribution in [0.5, 0.6) is 0 Å². The van der Waals surface area contributed by atoms with Crippen LogP contribution in [-0.4, -0.2) is 21.5 Å².